The Labute approximate surface area is 115 Å². The number of nitrogens with one attached hydrogen (secondary N) is 1. The van der Waals surface area contributed by atoms with Crippen LogP contribution in [-0.2, 0) is 4.79 Å². The fourth-order valence-corrected chi connectivity index (χ4v) is 1.67. The molecule has 1 aromatic rings. The SMILES string of the molecule is CC(=O)NCCC=Cc1cc([N+](=O)[O-])c(C)nc1Cl. The van der Waals surface area contributed by atoms with Crippen LogP contribution in [0.3, 0.4) is 0 Å². The van der Waals surface area contributed by atoms with Crippen LogP contribution >= 0.6 is 11.6 Å². The van der Waals surface area contributed by atoms with Crippen molar-refractivity contribution in [1.82, 2.24) is 10.3 Å². The zero-order valence-corrected chi connectivity index (χ0v) is 11.4. The number of pyridine rings is 1. The molecule has 0 saturated heterocycles. The summed E-state index contributed by atoms with van der Waals surface area (Å²) in [6.07, 6.45) is 4.04. The maximum atomic E-state index is 10.8. The second kappa shape index (κ2) is 6.84. The Morgan fingerprint density at radius 3 is 2.89 bits per heavy atom. The number of rotatable bonds is 5. The molecule has 1 N–H and O–H groups in total. The molecule has 102 valence electrons. The maximum Gasteiger partial charge on any atom is 0.291 e. The summed E-state index contributed by atoms with van der Waals surface area (Å²) >= 11 is 5.91. The Bertz CT molecular complexity index is 529. The Kier molecular flexibility index (Phi) is 5.44. The zero-order chi connectivity index (χ0) is 14.4. The molecule has 0 unspecified atom stereocenters. The van der Waals surface area contributed by atoms with Crippen molar-refractivity contribution in [3.05, 3.63) is 38.7 Å². The minimum atomic E-state index is -0.493. The van der Waals surface area contributed by atoms with Crippen LogP contribution in [0.2, 0.25) is 5.15 Å². The van der Waals surface area contributed by atoms with E-state index >= 15 is 0 Å². The van der Waals surface area contributed by atoms with Crippen molar-refractivity contribution in [1.29, 1.82) is 0 Å². The third kappa shape index (κ3) is 4.67. The first-order valence-corrected chi connectivity index (χ1v) is 6.02. The molecule has 1 aromatic heterocycles. The molecule has 0 aromatic carbocycles. The molecular weight excluding hydrogens is 270 g/mol. The van der Waals surface area contributed by atoms with Crippen molar-refractivity contribution in [3.63, 3.8) is 0 Å². The highest BCUT2D eigenvalue weighted by Gasteiger charge is 2.14. The van der Waals surface area contributed by atoms with Gasteiger partial charge >= 0.3 is 0 Å². The van der Waals surface area contributed by atoms with Gasteiger partial charge in [0.15, 0.2) is 0 Å². The molecule has 1 heterocycles. The number of aryl methyl sites for hydroxylation is 1. The summed E-state index contributed by atoms with van der Waals surface area (Å²) in [6.45, 7) is 3.48. The summed E-state index contributed by atoms with van der Waals surface area (Å²) < 4.78 is 0. The Morgan fingerprint density at radius 2 is 2.32 bits per heavy atom. The molecule has 7 heteroatoms. The molecule has 19 heavy (non-hydrogen) atoms. The summed E-state index contributed by atoms with van der Waals surface area (Å²) in [7, 11) is 0. The Morgan fingerprint density at radius 1 is 1.63 bits per heavy atom. The summed E-state index contributed by atoms with van der Waals surface area (Å²) in [5.41, 5.74) is 0.707. The number of carbonyl (C=O) groups is 1. The Balaban J connectivity index is 2.77. The largest absolute Gasteiger partial charge is 0.356 e. The van der Waals surface area contributed by atoms with Gasteiger partial charge in [-0.05, 0) is 13.3 Å². The van der Waals surface area contributed by atoms with E-state index in [0.29, 0.717) is 18.5 Å². The number of nitro groups is 1. The van der Waals surface area contributed by atoms with Gasteiger partial charge in [-0.3, -0.25) is 14.9 Å². The predicted octanol–water partition coefficient (Wildman–Crippen LogP) is 2.49. The van der Waals surface area contributed by atoms with Crippen LogP contribution in [0, 0.1) is 17.0 Å². The van der Waals surface area contributed by atoms with E-state index < -0.39 is 4.92 Å². The van der Waals surface area contributed by atoms with E-state index in [4.69, 9.17) is 11.6 Å². The molecule has 1 amide bonds. The highest BCUT2D eigenvalue weighted by atomic mass is 35.5. The summed E-state index contributed by atoms with van der Waals surface area (Å²) in [4.78, 5) is 24.9. The van der Waals surface area contributed by atoms with Crippen LogP contribution in [0.4, 0.5) is 5.69 Å². The molecule has 6 nitrogen and oxygen atoms in total. The topological polar surface area (TPSA) is 85.1 Å². The van der Waals surface area contributed by atoms with Gasteiger partial charge in [0.1, 0.15) is 10.8 Å². The molecular formula is C12H14ClN3O3. The first-order valence-electron chi connectivity index (χ1n) is 5.64. The van der Waals surface area contributed by atoms with Crippen molar-refractivity contribution in [2.24, 2.45) is 0 Å². The van der Waals surface area contributed by atoms with Crippen molar-refractivity contribution in [2.45, 2.75) is 20.3 Å². The van der Waals surface area contributed by atoms with Crippen LogP contribution in [-0.4, -0.2) is 22.4 Å². The molecule has 0 aliphatic heterocycles. The van der Waals surface area contributed by atoms with Crippen LogP contribution in [0.15, 0.2) is 12.1 Å². The fourth-order valence-electron chi connectivity index (χ4n) is 1.42. The van der Waals surface area contributed by atoms with E-state index in [0.717, 1.165) is 0 Å². The van der Waals surface area contributed by atoms with Crippen LogP contribution < -0.4 is 5.32 Å². The lowest BCUT2D eigenvalue weighted by atomic mass is 10.2. The fraction of sp³-hybridized carbons (Fsp3) is 0.333. The lowest BCUT2D eigenvalue weighted by molar-refractivity contribution is -0.385. The standard InChI is InChI=1S/C12H14ClN3O3/c1-8-11(16(18)19)7-10(12(13)15-8)5-3-4-6-14-9(2)17/h3,5,7H,4,6H2,1-2H3,(H,14,17). The molecule has 0 saturated carbocycles. The third-order valence-corrected chi connectivity index (χ3v) is 2.65. The van der Waals surface area contributed by atoms with Crippen molar-refractivity contribution >= 4 is 29.3 Å². The lowest BCUT2D eigenvalue weighted by Gasteiger charge is -2.01. The normalized spacial score (nSPS) is 10.7. The van der Waals surface area contributed by atoms with E-state index in [2.05, 4.69) is 10.3 Å². The van der Waals surface area contributed by atoms with Gasteiger partial charge < -0.3 is 5.32 Å². The molecule has 0 spiro atoms. The first kappa shape index (κ1) is 15.1. The van der Waals surface area contributed by atoms with Crippen molar-refractivity contribution < 1.29 is 9.72 Å². The molecule has 0 aliphatic carbocycles. The van der Waals surface area contributed by atoms with E-state index in [1.165, 1.54) is 19.9 Å². The number of halogens is 1. The van der Waals surface area contributed by atoms with Crippen LogP contribution in [0.5, 0.6) is 0 Å². The minimum absolute atomic E-state index is 0.0640. The quantitative estimate of drug-likeness (QED) is 0.389. The smallest absolute Gasteiger partial charge is 0.291 e. The van der Waals surface area contributed by atoms with Gasteiger partial charge in [-0.15, -0.1) is 0 Å². The van der Waals surface area contributed by atoms with E-state index in [-0.39, 0.29) is 22.4 Å². The highest BCUT2D eigenvalue weighted by molar-refractivity contribution is 6.30. The average Bonchev–Trinajstić information content (AvgIpc) is 2.30. The second-order valence-corrected chi connectivity index (χ2v) is 4.26. The molecule has 0 atom stereocenters. The summed E-state index contributed by atoms with van der Waals surface area (Å²) in [6, 6.07) is 1.39. The minimum Gasteiger partial charge on any atom is -0.356 e. The van der Waals surface area contributed by atoms with Gasteiger partial charge in [-0.1, -0.05) is 23.8 Å². The first-order chi connectivity index (χ1) is 8.91. The number of carbonyl (C=O) groups excluding carboxylic acids is 1. The molecule has 0 aliphatic rings. The molecule has 0 fully saturated rings. The van der Waals surface area contributed by atoms with Crippen LogP contribution in [0.25, 0.3) is 6.08 Å². The van der Waals surface area contributed by atoms with Gasteiger partial charge in [0.25, 0.3) is 5.69 Å². The maximum absolute atomic E-state index is 10.8. The van der Waals surface area contributed by atoms with Gasteiger partial charge in [-0.2, -0.15) is 0 Å². The monoisotopic (exact) mass is 283 g/mol. The third-order valence-electron chi connectivity index (χ3n) is 2.35. The van der Waals surface area contributed by atoms with Gasteiger partial charge in [-0.25, -0.2) is 4.98 Å². The van der Waals surface area contributed by atoms with E-state index in [1.807, 2.05) is 0 Å². The van der Waals surface area contributed by atoms with Crippen LogP contribution in [0.1, 0.15) is 24.6 Å². The molecule has 0 radical (unpaired) electrons. The van der Waals surface area contributed by atoms with Gasteiger partial charge in [0, 0.05) is 25.1 Å². The number of nitrogens with zero attached hydrogens (tertiary/aromatic N) is 2. The van der Waals surface area contributed by atoms with Crippen molar-refractivity contribution in [3.8, 4) is 0 Å². The van der Waals surface area contributed by atoms with Gasteiger partial charge in [0.05, 0.1) is 4.92 Å². The Hall–Kier alpha value is -1.95. The number of hydrogen-bond donors (Lipinski definition) is 1. The molecule has 1 rings (SSSR count). The van der Waals surface area contributed by atoms with Gasteiger partial charge in [0.2, 0.25) is 5.91 Å². The van der Waals surface area contributed by atoms with E-state index in [9.17, 15) is 14.9 Å². The van der Waals surface area contributed by atoms with E-state index in [1.54, 1.807) is 12.2 Å². The van der Waals surface area contributed by atoms with Crippen molar-refractivity contribution in [2.75, 3.05) is 6.54 Å². The predicted molar refractivity (Wildman–Crippen MR) is 73.0 cm³/mol. The number of hydrogen-bond acceptors (Lipinski definition) is 4. The average molecular weight is 284 g/mol. The zero-order valence-electron chi connectivity index (χ0n) is 10.6. The number of amides is 1. The second-order valence-electron chi connectivity index (χ2n) is 3.90. The lowest BCUT2D eigenvalue weighted by Crippen LogP contribution is -2.20. The summed E-state index contributed by atoms with van der Waals surface area (Å²) in [5, 5.41) is 13.6. The summed E-state index contributed by atoms with van der Waals surface area (Å²) in [5.74, 6) is -0.0981. The molecule has 0 bridgehead atoms. The highest BCUT2D eigenvalue weighted by Crippen LogP contribution is 2.24. The number of aromatic nitrogens is 1.